The lowest BCUT2D eigenvalue weighted by Gasteiger charge is -2.22. The average molecular weight is 488 g/mol. The Morgan fingerprint density at radius 3 is 2.19 bits per heavy atom. The second-order valence-corrected chi connectivity index (χ2v) is 9.95. The first-order valence-corrected chi connectivity index (χ1v) is 12.3. The van der Waals surface area contributed by atoms with Crippen molar-refractivity contribution in [3.63, 3.8) is 0 Å². The van der Waals surface area contributed by atoms with Crippen LogP contribution in [0.1, 0.15) is 53.7 Å². The van der Waals surface area contributed by atoms with Gasteiger partial charge < -0.3 is 20.7 Å². The minimum Gasteiger partial charge on any atom is -0.497 e. The maximum absolute atomic E-state index is 13.2. The molecular formula is C30H37N3O3. The van der Waals surface area contributed by atoms with Gasteiger partial charge in [-0.3, -0.25) is 9.59 Å². The van der Waals surface area contributed by atoms with E-state index in [1.807, 2.05) is 61.5 Å². The summed E-state index contributed by atoms with van der Waals surface area (Å²) < 4.78 is 5.18. The molecule has 1 unspecified atom stereocenters. The topological polar surface area (TPSA) is 79.5 Å². The van der Waals surface area contributed by atoms with Crippen LogP contribution in [0.4, 0.5) is 5.69 Å². The summed E-state index contributed by atoms with van der Waals surface area (Å²) in [5, 5.41) is 9.26. The largest absolute Gasteiger partial charge is 0.497 e. The summed E-state index contributed by atoms with van der Waals surface area (Å²) in [6.45, 7) is 9.65. The van der Waals surface area contributed by atoms with Gasteiger partial charge in [-0.2, -0.15) is 0 Å². The molecule has 0 aliphatic carbocycles. The third-order valence-corrected chi connectivity index (χ3v) is 6.09. The Bertz CT molecular complexity index is 1150. The predicted molar refractivity (Wildman–Crippen MR) is 146 cm³/mol. The highest BCUT2D eigenvalue weighted by atomic mass is 16.5. The van der Waals surface area contributed by atoms with Gasteiger partial charge in [0.15, 0.2) is 0 Å². The molecular weight excluding hydrogens is 450 g/mol. The minimum atomic E-state index is -0.506. The first kappa shape index (κ1) is 26.8. The standard InChI is InChI=1S/C30H37N3O3/c1-21-7-6-8-23(19-21)28(34)33-20-27(22-9-11-24(12-10-22)30(2,3)4)29(35)32-18-17-31-25-13-15-26(36-5)16-14-25/h6-16,19,27,31H,17-18,20H2,1-5H3,(H,32,35)(H,33,34). The maximum atomic E-state index is 13.2. The van der Waals surface area contributed by atoms with Gasteiger partial charge in [-0.05, 0) is 59.9 Å². The molecule has 0 spiro atoms. The highest BCUT2D eigenvalue weighted by Crippen LogP contribution is 2.25. The molecule has 190 valence electrons. The van der Waals surface area contributed by atoms with Crippen LogP contribution >= 0.6 is 0 Å². The highest BCUT2D eigenvalue weighted by molar-refractivity contribution is 5.95. The monoisotopic (exact) mass is 487 g/mol. The smallest absolute Gasteiger partial charge is 0.251 e. The van der Waals surface area contributed by atoms with E-state index in [-0.39, 0.29) is 23.8 Å². The maximum Gasteiger partial charge on any atom is 0.251 e. The van der Waals surface area contributed by atoms with Gasteiger partial charge in [-0.15, -0.1) is 0 Å². The quantitative estimate of drug-likeness (QED) is 0.350. The van der Waals surface area contributed by atoms with E-state index >= 15 is 0 Å². The zero-order valence-corrected chi connectivity index (χ0v) is 21.9. The molecule has 3 N–H and O–H groups in total. The van der Waals surface area contributed by atoms with E-state index in [1.165, 1.54) is 5.56 Å². The molecule has 1 atom stereocenters. The summed E-state index contributed by atoms with van der Waals surface area (Å²) in [5.74, 6) is -0.0285. The molecule has 3 aromatic rings. The van der Waals surface area contributed by atoms with Gasteiger partial charge in [0.2, 0.25) is 5.91 Å². The van der Waals surface area contributed by atoms with Crippen LogP contribution in [0.15, 0.2) is 72.8 Å². The molecule has 3 rings (SSSR count). The number of carbonyl (C=O) groups is 2. The van der Waals surface area contributed by atoms with E-state index in [9.17, 15) is 9.59 Å². The van der Waals surface area contributed by atoms with Gasteiger partial charge in [0, 0.05) is 30.9 Å². The average Bonchev–Trinajstić information content (AvgIpc) is 2.86. The molecule has 0 saturated heterocycles. The summed E-state index contributed by atoms with van der Waals surface area (Å²) in [5.41, 5.74) is 4.62. The van der Waals surface area contributed by atoms with Crippen LogP contribution in [0.5, 0.6) is 5.75 Å². The molecule has 0 bridgehead atoms. The summed E-state index contributed by atoms with van der Waals surface area (Å²) in [6, 6.07) is 23.1. The molecule has 6 nitrogen and oxygen atoms in total. The van der Waals surface area contributed by atoms with E-state index in [4.69, 9.17) is 4.74 Å². The molecule has 3 aromatic carbocycles. The van der Waals surface area contributed by atoms with Crippen molar-refractivity contribution >= 4 is 17.5 Å². The van der Waals surface area contributed by atoms with Crippen molar-refractivity contribution in [2.24, 2.45) is 0 Å². The fourth-order valence-corrected chi connectivity index (χ4v) is 3.89. The summed E-state index contributed by atoms with van der Waals surface area (Å²) in [7, 11) is 1.63. The lowest BCUT2D eigenvalue weighted by molar-refractivity contribution is -0.122. The summed E-state index contributed by atoms with van der Waals surface area (Å²) in [6.07, 6.45) is 0. The molecule has 0 aromatic heterocycles. The van der Waals surface area contributed by atoms with E-state index in [1.54, 1.807) is 13.2 Å². The Morgan fingerprint density at radius 2 is 1.58 bits per heavy atom. The van der Waals surface area contributed by atoms with Crippen molar-refractivity contribution in [3.05, 3.63) is 95.1 Å². The van der Waals surface area contributed by atoms with Crippen LogP contribution in [-0.4, -0.2) is 38.6 Å². The number of ether oxygens (including phenoxy) is 1. The van der Waals surface area contributed by atoms with Crippen molar-refractivity contribution in [1.29, 1.82) is 0 Å². The van der Waals surface area contributed by atoms with Gasteiger partial charge in [-0.1, -0.05) is 62.7 Å². The highest BCUT2D eigenvalue weighted by Gasteiger charge is 2.23. The molecule has 0 radical (unpaired) electrons. The molecule has 0 saturated carbocycles. The Kier molecular flexibility index (Phi) is 9.12. The van der Waals surface area contributed by atoms with E-state index < -0.39 is 5.92 Å². The second-order valence-electron chi connectivity index (χ2n) is 9.95. The van der Waals surface area contributed by atoms with Crippen LogP contribution < -0.4 is 20.7 Å². The molecule has 6 heteroatoms. The van der Waals surface area contributed by atoms with Gasteiger partial charge in [-0.25, -0.2) is 0 Å². The molecule has 0 aliphatic heterocycles. The number of methoxy groups -OCH3 is 1. The van der Waals surface area contributed by atoms with Crippen LogP contribution in [0.3, 0.4) is 0 Å². The number of hydrogen-bond acceptors (Lipinski definition) is 4. The zero-order chi connectivity index (χ0) is 26.1. The predicted octanol–water partition coefficient (Wildman–Crippen LogP) is 5.04. The summed E-state index contributed by atoms with van der Waals surface area (Å²) in [4.78, 5) is 26.0. The number of rotatable bonds is 10. The Hall–Kier alpha value is -3.80. The van der Waals surface area contributed by atoms with Crippen molar-refractivity contribution in [2.75, 3.05) is 32.1 Å². The van der Waals surface area contributed by atoms with Crippen molar-refractivity contribution in [2.45, 2.75) is 39.0 Å². The lowest BCUT2D eigenvalue weighted by atomic mass is 9.85. The molecule has 0 fully saturated rings. The second kappa shape index (κ2) is 12.2. The first-order valence-electron chi connectivity index (χ1n) is 12.3. The third kappa shape index (κ3) is 7.60. The van der Waals surface area contributed by atoms with Crippen LogP contribution in [0.2, 0.25) is 0 Å². The Labute approximate surface area is 214 Å². The van der Waals surface area contributed by atoms with Crippen molar-refractivity contribution < 1.29 is 14.3 Å². The zero-order valence-electron chi connectivity index (χ0n) is 21.9. The number of benzene rings is 3. The fourth-order valence-electron chi connectivity index (χ4n) is 3.89. The number of carbonyl (C=O) groups excluding carboxylic acids is 2. The fraction of sp³-hybridized carbons (Fsp3) is 0.333. The molecule has 36 heavy (non-hydrogen) atoms. The third-order valence-electron chi connectivity index (χ3n) is 6.09. The van der Waals surface area contributed by atoms with Crippen LogP contribution in [0.25, 0.3) is 0 Å². The van der Waals surface area contributed by atoms with E-state index in [0.29, 0.717) is 18.7 Å². The van der Waals surface area contributed by atoms with Gasteiger partial charge in [0.1, 0.15) is 5.75 Å². The first-order chi connectivity index (χ1) is 17.2. The molecule has 2 amide bonds. The summed E-state index contributed by atoms with van der Waals surface area (Å²) >= 11 is 0. The number of nitrogens with one attached hydrogen (secondary N) is 3. The number of amides is 2. The normalized spacial score (nSPS) is 11.9. The lowest BCUT2D eigenvalue weighted by Crippen LogP contribution is -2.39. The SMILES string of the molecule is COc1ccc(NCCNC(=O)C(CNC(=O)c2cccc(C)c2)c2ccc(C(C)(C)C)cc2)cc1. The van der Waals surface area contributed by atoms with Crippen LogP contribution in [-0.2, 0) is 10.2 Å². The molecule has 0 aliphatic rings. The number of aryl methyl sites for hydroxylation is 1. The van der Waals surface area contributed by atoms with Crippen molar-refractivity contribution in [3.8, 4) is 5.75 Å². The van der Waals surface area contributed by atoms with Crippen molar-refractivity contribution in [1.82, 2.24) is 10.6 Å². The van der Waals surface area contributed by atoms with E-state index in [0.717, 1.165) is 22.6 Å². The molecule has 0 heterocycles. The Balaban J connectivity index is 1.65. The van der Waals surface area contributed by atoms with E-state index in [2.05, 4.69) is 48.9 Å². The minimum absolute atomic E-state index is 0.0167. The van der Waals surface area contributed by atoms with Gasteiger partial charge in [0.25, 0.3) is 5.91 Å². The number of anilines is 1. The van der Waals surface area contributed by atoms with Gasteiger partial charge >= 0.3 is 0 Å². The van der Waals surface area contributed by atoms with Gasteiger partial charge in [0.05, 0.1) is 13.0 Å². The van der Waals surface area contributed by atoms with Crippen LogP contribution in [0, 0.1) is 6.92 Å². The Morgan fingerprint density at radius 1 is 0.889 bits per heavy atom. The number of hydrogen-bond donors (Lipinski definition) is 3.